The van der Waals surface area contributed by atoms with Gasteiger partial charge in [-0.2, -0.15) is 0 Å². The summed E-state index contributed by atoms with van der Waals surface area (Å²) in [6.45, 7) is 7.61. The van der Waals surface area contributed by atoms with Crippen molar-refractivity contribution in [1.29, 1.82) is 0 Å². The van der Waals surface area contributed by atoms with Crippen LogP contribution in [-0.2, 0) is 40.0 Å². The number of Topliss-reactive ketones (excluding diaryl/α,β-unsaturated/α-hetero) is 1. The average Bonchev–Trinajstić information content (AvgIpc) is 3.75. The van der Waals surface area contributed by atoms with Gasteiger partial charge in [0.25, 0.3) is 5.91 Å². The highest BCUT2D eigenvalue weighted by Gasteiger charge is 2.35. The molecular weight excluding hydrogens is 745 g/mol. The molecule has 2 aliphatic rings. The lowest BCUT2D eigenvalue weighted by atomic mass is 10.0. The lowest BCUT2D eigenvalue weighted by Crippen LogP contribution is -2.53. The molecule has 3 atom stereocenters. The van der Waals surface area contributed by atoms with Crippen LogP contribution < -0.4 is 26.0 Å². The number of hydrogen-bond acceptors (Lipinski definition) is 9. The minimum Gasteiger partial charge on any atom is -0.491 e. The molecule has 3 unspecified atom stereocenters. The number of nitrogens with one attached hydrogen (secondary N) is 4. The Hall–Kier alpha value is -5.31. The largest absolute Gasteiger partial charge is 0.491 e. The zero-order valence-electron chi connectivity index (χ0n) is 35.2. The number of likely N-dealkylation sites (tertiary alicyclic amines) is 1. The third-order valence-corrected chi connectivity index (χ3v) is 8.89. The quantitative estimate of drug-likeness (QED) is 0.125. The molecule has 1 aliphatic carbocycles. The summed E-state index contributed by atoms with van der Waals surface area (Å²) in [5.74, 6) is -3.34. The van der Waals surface area contributed by atoms with Crippen LogP contribution in [-0.4, -0.2) is 116 Å². The van der Waals surface area contributed by atoms with Crippen LogP contribution >= 0.6 is 0 Å². The van der Waals surface area contributed by atoms with E-state index in [-0.39, 0.29) is 19.1 Å². The van der Waals surface area contributed by atoms with Gasteiger partial charge in [-0.1, -0.05) is 108 Å². The number of aliphatic hydroxyl groups excluding tert-OH is 1. The van der Waals surface area contributed by atoms with E-state index in [0.29, 0.717) is 38.0 Å². The normalized spacial score (nSPS) is 15.1. The maximum absolute atomic E-state index is 12.6. The SMILES string of the molecule is C1CCCCC1.CC(NC(=O)C1CCCN1C(=O)CNC=O)C(=O)C(=O)NCC(=O)NC(C(=O)N(C)C)c1ccccc1.CCC.CCc1cccc(OCCO)c1. The molecule has 0 aromatic heterocycles. The maximum atomic E-state index is 12.6. The zero-order valence-corrected chi connectivity index (χ0v) is 35.2. The first-order valence-electron chi connectivity index (χ1n) is 20.3. The molecule has 0 bridgehead atoms. The molecule has 2 aromatic carbocycles. The number of nitrogens with zero attached hydrogens (tertiary/aromatic N) is 2. The van der Waals surface area contributed by atoms with Gasteiger partial charge in [0.2, 0.25) is 35.8 Å². The van der Waals surface area contributed by atoms with Crippen LogP contribution in [0.5, 0.6) is 5.75 Å². The molecule has 1 aliphatic heterocycles. The van der Waals surface area contributed by atoms with E-state index in [1.807, 2.05) is 18.2 Å². The molecule has 58 heavy (non-hydrogen) atoms. The van der Waals surface area contributed by atoms with Crippen molar-refractivity contribution in [3.63, 3.8) is 0 Å². The van der Waals surface area contributed by atoms with E-state index in [2.05, 4.69) is 48.1 Å². The van der Waals surface area contributed by atoms with Gasteiger partial charge in [-0.15, -0.1) is 0 Å². The zero-order chi connectivity index (χ0) is 43.3. The predicted octanol–water partition coefficient (Wildman–Crippen LogP) is 3.24. The summed E-state index contributed by atoms with van der Waals surface area (Å²) in [5.41, 5.74) is 1.81. The van der Waals surface area contributed by atoms with Crippen LogP contribution in [0.25, 0.3) is 0 Å². The molecule has 322 valence electrons. The molecule has 0 spiro atoms. The van der Waals surface area contributed by atoms with Crippen LogP contribution in [0, 0.1) is 0 Å². The Balaban J connectivity index is 0.000000644. The van der Waals surface area contributed by atoms with Gasteiger partial charge in [0.05, 0.1) is 25.7 Å². The summed E-state index contributed by atoms with van der Waals surface area (Å²) in [6.07, 6.45) is 12.6. The van der Waals surface area contributed by atoms with E-state index in [1.165, 1.54) is 67.2 Å². The van der Waals surface area contributed by atoms with Gasteiger partial charge in [-0.05, 0) is 49.4 Å². The molecule has 1 saturated carbocycles. The van der Waals surface area contributed by atoms with Gasteiger partial charge in [-0.3, -0.25) is 33.6 Å². The second-order valence-corrected chi connectivity index (χ2v) is 14.1. The number of rotatable bonds is 16. The van der Waals surface area contributed by atoms with Gasteiger partial charge in [-0.25, -0.2) is 0 Å². The summed E-state index contributed by atoms with van der Waals surface area (Å²) in [5, 5.41) is 18.0. The molecule has 1 saturated heterocycles. The van der Waals surface area contributed by atoms with Crippen molar-refractivity contribution in [3.05, 3.63) is 65.7 Å². The van der Waals surface area contributed by atoms with Crippen LogP contribution in [0.1, 0.15) is 103 Å². The monoisotopic (exact) mass is 810 g/mol. The number of likely N-dealkylation sites (N-methyl/N-ethyl adjacent to an activating group) is 1. The summed E-state index contributed by atoms with van der Waals surface area (Å²) >= 11 is 0. The van der Waals surface area contributed by atoms with Crippen molar-refractivity contribution in [2.45, 2.75) is 110 Å². The van der Waals surface area contributed by atoms with Gasteiger partial charge >= 0.3 is 0 Å². The Labute approximate surface area is 344 Å². The minimum absolute atomic E-state index is 0.0658. The Morgan fingerprint density at radius 2 is 1.50 bits per heavy atom. The number of hydrogen-bond donors (Lipinski definition) is 5. The molecule has 6 amide bonds. The number of carbonyl (C=O) groups is 7. The molecule has 2 aromatic rings. The van der Waals surface area contributed by atoms with Crippen LogP contribution in [0.2, 0.25) is 0 Å². The molecule has 0 radical (unpaired) electrons. The van der Waals surface area contributed by atoms with E-state index in [1.54, 1.807) is 44.4 Å². The Morgan fingerprint density at radius 3 is 2.05 bits per heavy atom. The fourth-order valence-electron chi connectivity index (χ4n) is 5.87. The Kier molecular flexibility index (Phi) is 26.1. The lowest BCUT2D eigenvalue weighted by molar-refractivity contribution is -0.142. The third-order valence-electron chi connectivity index (χ3n) is 8.89. The smallest absolute Gasteiger partial charge is 0.290 e. The van der Waals surface area contributed by atoms with Gasteiger partial charge in [0, 0.05) is 20.6 Å². The van der Waals surface area contributed by atoms with Crippen LogP contribution in [0.15, 0.2) is 54.6 Å². The number of carbonyl (C=O) groups excluding carboxylic acids is 7. The van der Waals surface area contributed by atoms with E-state index in [9.17, 15) is 33.6 Å². The highest BCUT2D eigenvalue weighted by atomic mass is 16.5. The van der Waals surface area contributed by atoms with E-state index in [4.69, 9.17) is 9.84 Å². The first-order valence-corrected chi connectivity index (χ1v) is 20.3. The molecule has 15 nitrogen and oxygen atoms in total. The number of aryl methyl sites for hydroxylation is 1. The second kappa shape index (κ2) is 29.9. The Bertz CT molecular complexity index is 1540. The summed E-state index contributed by atoms with van der Waals surface area (Å²) < 4.78 is 5.25. The fourth-order valence-corrected chi connectivity index (χ4v) is 5.87. The van der Waals surface area contributed by atoms with E-state index < -0.39 is 54.1 Å². The van der Waals surface area contributed by atoms with Crippen LogP contribution in [0.4, 0.5) is 0 Å². The molecule has 2 fully saturated rings. The van der Waals surface area contributed by atoms with Crippen molar-refractivity contribution >= 4 is 41.7 Å². The van der Waals surface area contributed by atoms with Crippen molar-refractivity contribution in [2.24, 2.45) is 0 Å². The number of amides is 6. The third kappa shape index (κ3) is 19.7. The molecule has 15 heteroatoms. The van der Waals surface area contributed by atoms with Crippen molar-refractivity contribution < 1.29 is 43.4 Å². The standard InChI is InChI=1S/C24H32N6O7.C10H14O2.C6H12.C3H8/c1-15(27-22(35)17-10-7-11-30(17)19(33)13-25-14-31)21(34)23(36)26-12-18(32)28-20(24(37)29(2)3)16-8-5-4-6-9-16;1-2-9-4-3-5-10(8-9)12-7-6-11;1-2-4-6-5-3-1;1-3-2/h4-6,8-9,14-15,17,20H,7,10-13H2,1-3H3,(H,25,31)(H,26,36)(H,27,35)(H,28,32);3-5,8,11H,2,6-7H2,1H3;1-6H2;3H2,1-2H3. The maximum Gasteiger partial charge on any atom is 0.290 e. The van der Waals surface area contributed by atoms with Crippen molar-refractivity contribution in [2.75, 3.05) is 46.9 Å². The van der Waals surface area contributed by atoms with E-state index in [0.717, 1.165) is 12.2 Å². The second-order valence-electron chi connectivity index (χ2n) is 14.1. The van der Waals surface area contributed by atoms with Crippen LogP contribution in [0.3, 0.4) is 0 Å². The summed E-state index contributed by atoms with van der Waals surface area (Å²) in [4.78, 5) is 87.6. The highest BCUT2D eigenvalue weighted by molar-refractivity contribution is 6.38. The average molecular weight is 811 g/mol. The molecule has 5 N–H and O–H groups in total. The Morgan fingerprint density at radius 1 is 0.879 bits per heavy atom. The highest BCUT2D eigenvalue weighted by Crippen LogP contribution is 2.18. The number of aliphatic hydroxyl groups is 1. The van der Waals surface area contributed by atoms with Gasteiger partial charge in [0.15, 0.2) is 0 Å². The predicted molar refractivity (Wildman–Crippen MR) is 223 cm³/mol. The van der Waals surface area contributed by atoms with Crippen molar-refractivity contribution in [1.82, 2.24) is 31.1 Å². The summed E-state index contributed by atoms with van der Waals surface area (Å²) in [7, 11) is 3.09. The summed E-state index contributed by atoms with van der Waals surface area (Å²) in [6, 6.07) is 13.5. The van der Waals surface area contributed by atoms with Gasteiger partial charge < -0.3 is 40.9 Å². The minimum atomic E-state index is -1.21. The number of benzene rings is 2. The first-order chi connectivity index (χ1) is 27.8. The van der Waals surface area contributed by atoms with Crippen molar-refractivity contribution in [3.8, 4) is 5.75 Å². The van der Waals surface area contributed by atoms with Gasteiger partial charge in [0.1, 0.15) is 24.4 Å². The topological polar surface area (TPSA) is 204 Å². The fraction of sp³-hybridized carbons (Fsp3) is 0.558. The lowest BCUT2D eigenvalue weighted by Gasteiger charge is -2.25. The van der Waals surface area contributed by atoms with E-state index >= 15 is 0 Å². The first kappa shape index (κ1) is 50.7. The number of ether oxygens (including phenoxy) is 1. The molecule has 1 heterocycles. The molecular formula is C43H66N6O9. The molecule has 4 rings (SSSR count). The number of ketones is 1.